The second-order valence-electron chi connectivity index (χ2n) is 3.45. The first-order valence-electron chi connectivity index (χ1n) is 4.17. The first-order valence-corrected chi connectivity index (χ1v) is 4.17. The summed E-state index contributed by atoms with van der Waals surface area (Å²) < 4.78 is 5.77. The maximum atomic E-state index is 11.4. The van der Waals surface area contributed by atoms with Crippen LogP contribution in [0.15, 0.2) is 12.4 Å². The van der Waals surface area contributed by atoms with Crippen LogP contribution in [0.3, 0.4) is 0 Å². The van der Waals surface area contributed by atoms with Gasteiger partial charge in [0.15, 0.2) is 5.54 Å². The number of methoxy groups -OCH3 is 1. The quantitative estimate of drug-likeness (QED) is 0.419. The Labute approximate surface area is 85.8 Å². The number of ether oxygens (including phenoxy) is 1. The Bertz CT molecular complexity index is 396. The summed E-state index contributed by atoms with van der Waals surface area (Å²) in [5.74, 6) is -0.513. The maximum Gasteiger partial charge on any atom is 0.333 e. The van der Waals surface area contributed by atoms with Gasteiger partial charge in [0.05, 0.1) is 12.0 Å². The number of nitrogens with zero attached hydrogens (tertiary/aromatic N) is 3. The van der Waals surface area contributed by atoms with E-state index >= 15 is 0 Å². The first-order chi connectivity index (χ1) is 6.89. The molecule has 1 heterocycles. The predicted octanol–water partition coefficient (Wildman–Crippen LogP) is 0.699. The van der Waals surface area contributed by atoms with Gasteiger partial charge in [-0.25, -0.2) is 9.48 Å². The van der Waals surface area contributed by atoms with Crippen molar-refractivity contribution in [2.45, 2.75) is 19.4 Å². The van der Waals surface area contributed by atoms with Crippen LogP contribution in [0, 0.1) is 10.1 Å². The second-order valence-corrected chi connectivity index (χ2v) is 3.45. The van der Waals surface area contributed by atoms with E-state index in [9.17, 15) is 14.9 Å². The predicted molar refractivity (Wildman–Crippen MR) is 50.2 cm³/mol. The molecule has 0 fully saturated rings. The van der Waals surface area contributed by atoms with E-state index in [2.05, 4.69) is 9.84 Å². The number of aromatic nitrogens is 2. The van der Waals surface area contributed by atoms with E-state index in [0.29, 0.717) is 0 Å². The van der Waals surface area contributed by atoms with Crippen LogP contribution in [0.25, 0.3) is 0 Å². The molecule has 0 aromatic carbocycles. The summed E-state index contributed by atoms with van der Waals surface area (Å²) in [6.45, 7) is 3.13. The summed E-state index contributed by atoms with van der Waals surface area (Å²) in [5, 5.41) is 14.2. The highest BCUT2D eigenvalue weighted by molar-refractivity contribution is 5.77. The van der Waals surface area contributed by atoms with Crippen molar-refractivity contribution in [3.8, 4) is 0 Å². The van der Waals surface area contributed by atoms with Crippen LogP contribution >= 0.6 is 0 Å². The average molecular weight is 213 g/mol. The van der Waals surface area contributed by atoms with Gasteiger partial charge in [0.25, 0.3) is 0 Å². The van der Waals surface area contributed by atoms with E-state index in [1.54, 1.807) is 13.8 Å². The molecule has 0 aliphatic carbocycles. The molecule has 1 rings (SSSR count). The van der Waals surface area contributed by atoms with E-state index in [4.69, 9.17) is 0 Å². The van der Waals surface area contributed by atoms with Gasteiger partial charge >= 0.3 is 11.7 Å². The van der Waals surface area contributed by atoms with Crippen LogP contribution in [0.2, 0.25) is 0 Å². The van der Waals surface area contributed by atoms with Crippen molar-refractivity contribution in [2.75, 3.05) is 7.11 Å². The Morgan fingerprint density at radius 1 is 1.67 bits per heavy atom. The van der Waals surface area contributed by atoms with E-state index < -0.39 is 16.4 Å². The van der Waals surface area contributed by atoms with Gasteiger partial charge < -0.3 is 4.74 Å². The van der Waals surface area contributed by atoms with Gasteiger partial charge in [-0.1, -0.05) is 0 Å². The summed E-state index contributed by atoms with van der Waals surface area (Å²) in [5.41, 5.74) is -1.21. The topological polar surface area (TPSA) is 87.3 Å². The molecule has 82 valence electrons. The third kappa shape index (κ3) is 1.95. The van der Waals surface area contributed by atoms with Crippen molar-refractivity contribution in [1.29, 1.82) is 0 Å². The highest BCUT2D eigenvalue weighted by Crippen LogP contribution is 2.19. The van der Waals surface area contributed by atoms with Gasteiger partial charge in [-0.3, -0.25) is 10.1 Å². The molecule has 0 unspecified atom stereocenters. The molecule has 0 N–H and O–H groups in total. The van der Waals surface area contributed by atoms with Gasteiger partial charge in [-0.05, 0) is 13.8 Å². The number of carbonyl (C=O) groups is 1. The Morgan fingerprint density at radius 2 is 2.27 bits per heavy atom. The van der Waals surface area contributed by atoms with Crippen LogP contribution in [0.1, 0.15) is 13.8 Å². The average Bonchev–Trinajstić information content (AvgIpc) is 2.65. The number of esters is 1. The molecule has 7 heteroatoms. The molecule has 0 spiro atoms. The molecule has 0 amide bonds. The Hall–Kier alpha value is -1.92. The minimum Gasteiger partial charge on any atom is -0.467 e. The Morgan fingerprint density at radius 3 is 2.67 bits per heavy atom. The fraction of sp³-hybridized carbons (Fsp3) is 0.500. The van der Waals surface area contributed by atoms with Crippen LogP contribution in [-0.4, -0.2) is 27.8 Å². The Kier molecular flexibility index (Phi) is 2.74. The molecule has 1 aromatic heterocycles. The standard InChI is InChI=1S/C8H11N3O4/c1-8(2,7(12)15-3)10-5-6(4-9-10)11(13)14/h4-5H,1-3H3. The molecule has 15 heavy (non-hydrogen) atoms. The van der Waals surface area contributed by atoms with Crippen molar-refractivity contribution < 1.29 is 14.5 Å². The molecule has 0 aliphatic heterocycles. The van der Waals surface area contributed by atoms with Crippen molar-refractivity contribution in [1.82, 2.24) is 9.78 Å². The van der Waals surface area contributed by atoms with Crippen molar-refractivity contribution in [3.05, 3.63) is 22.5 Å². The fourth-order valence-electron chi connectivity index (χ4n) is 1.06. The van der Waals surface area contributed by atoms with E-state index in [0.717, 1.165) is 6.20 Å². The molecule has 0 aliphatic rings. The van der Waals surface area contributed by atoms with Crippen LogP contribution in [0.4, 0.5) is 5.69 Å². The molecule has 0 saturated carbocycles. The normalized spacial score (nSPS) is 11.1. The van der Waals surface area contributed by atoms with E-state index in [1.807, 2.05) is 0 Å². The summed E-state index contributed by atoms with van der Waals surface area (Å²) in [6.07, 6.45) is 2.28. The minimum absolute atomic E-state index is 0.160. The van der Waals surface area contributed by atoms with Crippen molar-refractivity contribution in [3.63, 3.8) is 0 Å². The summed E-state index contributed by atoms with van der Waals surface area (Å²) >= 11 is 0. The molecule has 0 bridgehead atoms. The molecule has 1 aromatic rings. The summed E-state index contributed by atoms with van der Waals surface area (Å²) in [7, 11) is 1.25. The molecule has 0 saturated heterocycles. The molecule has 0 atom stereocenters. The van der Waals surface area contributed by atoms with Gasteiger partial charge in [-0.2, -0.15) is 5.10 Å². The SMILES string of the molecule is COC(=O)C(C)(C)n1cc([N+](=O)[O-])cn1. The zero-order valence-corrected chi connectivity index (χ0v) is 8.63. The lowest BCUT2D eigenvalue weighted by Crippen LogP contribution is -2.37. The Balaban J connectivity index is 3.05. The zero-order chi connectivity index (χ0) is 11.6. The molecular weight excluding hydrogens is 202 g/mol. The highest BCUT2D eigenvalue weighted by atomic mass is 16.6. The smallest absolute Gasteiger partial charge is 0.333 e. The number of nitro groups is 1. The summed E-state index contributed by atoms with van der Waals surface area (Å²) in [6, 6.07) is 0. The molecule has 0 radical (unpaired) electrons. The second kappa shape index (κ2) is 3.68. The van der Waals surface area contributed by atoms with Crippen LogP contribution < -0.4 is 0 Å². The van der Waals surface area contributed by atoms with Gasteiger partial charge in [-0.15, -0.1) is 0 Å². The van der Waals surface area contributed by atoms with Gasteiger partial charge in [0.1, 0.15) is 12.4 Å². The third-order valence-corrected chi connectivity index (χ3v) is 2.04. The third-order valence-electron chi connectivity index (χ3n) is 2.04. The fourth-order valence-corrected chi connectivity index (χ4v) is 1.06. The first kappa shape index (κ1) is 11.2. The number of carbonyl (C=O) groups excluding carboxylic acids is 1. The monoisotopic (exact) mass is 213 g/mol. The minimum atomic E-state index is -1.05. The lowest BCUT2D eigenvalue weighted by atomic mass is 10.1. The largest absolute Gasteiger partial charge is 0.467 e. The molecule has 7 nitrogen and oxygen atoms in total. The van der Waals surface area contributed by atoms with Crippen molar-refractivity contribution >= 4 is 11.7 Å². The lowest BCUT2D eigenvalue weighted by molar-refractivity contribution is -0.385. The van der Waals surface area contributed by atoms with E-state index in [1.165, 1.54) is 18.0 Å². The highest BCUT2D eigenvalue weighted by Gasteiger charge is 2.32. The van der Waals surface area contributed by atoms with Crippen molar-refractivity contribution in [2.24, 2.45) is 0 Å². The van der Waals surface area contributed by atoms with Gasteiger partial charge in [0, 0.05) is 0 Å². The van der Waals surface area contributed by atoms with Crippen LogP contribution in [-0.2, 0) is 15.1 Å². The lowest BCUT2D eigenvalue weighted by Gasteiger charge is -2.21. The zero-order valence-electron chi connectivity index (χ0n) is 8.63. The maximum absolute atomic E-state index is 11.4. The number of hydrogen-bond donors (Lipinski definition) is 0. The van der Waals surface area contributed by atoms with Crippen LogP contribution in [0.5, 0.6) is 0 Å². The number of hydrogen-bond acceptors (Lipinski definition) is 5. The molecular formula is C8H11N3O4. The van der Waals surface area contributed by atoms with Gasteiger partial charge in [0.2, 0.25) is 0 Å². The summed E-state index contributed by atoms with van der Waals surface area (Å²) in [4.78, 5) is 21.2. The van der Waals surface area contributed by atoms with E-state index in [-0.39, 0.29) is 5.69 Å². The number of rotatable bonds is 3.